The van der Waals surface area contributed by atoms with Gasteiger partial charge in [-0.2, -0.15) is 0 Å². The van der Waals surface area contributed by atoms with Crippen LogP contribution >= 0.6 is 34.7 Å². The summed E-state index contributed by atoms with van der Waals surface area (Å²) >= 11 is 8.93. The molecule has 0 bridgehead atoms. The maximum absolute atomic E-state index is 12.1. The highest BCUT2D eigenvalue weighted by atomic mass is 35.5. The molecule has 28 heavy (non-hydrogen) atoms. The normalized spacial score (nSPS) is 12.0. The van der Waals surface area contributed by atoms with Gasteiger partial charge in [-0.25, -0.2) is 4.98 Å². The Bertz CT molecular complexity index is 1160. The van der Waals surface area contributed by atoms with Crippen LogP contribution in [0, 0.1) is 0 Å². The van der Waals surface area contributed by atoms with E-state index in [-0.39, 0.29) is 17.2 Å². The van der Waals surface area contributed by atoms with Crippen molar-refractivity contribution in [1.29, 1.82) is 0 Å². The Kier molecular flexibility index (Phi) is 5.03. The van der Waals surface area contributed by atoms with Crippen molar-refractivity contribution >= 4 is 56.5 Å². The maximum Gasteiger partial charge on any atom is 0.230 e. The van der Waals surface area contributed by atoms with Gasteiger partial charge in [0.15, 0.2) is 10.8 Å². The summed E-state index contributed by atoms with van der Waals surface area (Å²) in [5, 5.41) is 16.0. The molecule has 0 spiro atoms. The lowest BCUT2D eigenvalue weighted by Gasteiger charge is -2.20. The monoisotopic (exact) mass is 431 g/mol. The molecule has 0 unspecified atom stereocenters. The van der Waals surface area contributed by atoms with Gasteiger partial charge in [-0.15, -0.1) is 21.5 Å². The van der Waals surface area contributed by atoms with Crippen molar-refractivity contribution < 1.29 is 4.79 Å². The number of carbonyl (C=O) groups excluding carboxylic acids is 1. The average molecular weight is 432 g/mol. The average Bonchev–Trinajstić information content (AvgIpc) is 3.22. The fourth-order valence-electron chi connectivity index (χ4n) is 2.85. The van der Waals surface area contributed by atoms with Crippen molar-refractivity contribution in [3.8, 4) is 11.1 Å². The van der Waals surface area contributed by atoms with Gasteiger partial charge in [-0.05, 0) is 38.5 Å². The highest BCUT2D eigenvalue weighted by molar-refractivity contribution is 7.99. The summed E-state index contributed by atoms with van der Waals surface area (Å²) in [7, 11) is 0. The van der Waals surface area contributed by atoms with Crippen LogP contribution in [0.2, 0.25) is 5.02 Å². The molecular formula is C19H18ClN5OS2. The lowest BCUT2D eigenvalue weighted by molar-refractivity contribution is -0.119. The number of aromatic nitrogens is 4. The van der Waals surface area contributed by atoms with Crippen LogP contribution in [0.5, 0.6) is 0 Å². The van der Waals surface area contributed by atoms with Gasteiger partial charge in [0.05, 0.1) is 11.1 Å². The molecule has 4 rings (SSSR count). The Hall–Kier alpha value is -2.16. The third-order valence-electron chi connectivity index (χ3n) is 3.95. The van der Waals surface area contributed by atoms with E-state index in [2.05, 4.69) is 25.9 Å². The first-order chi connectivity index (χ1) is 13.3. The summed E-state index contributed by atoms with van der Waals surface area (Å²) in [5.74, 6) is 0.227. The van der Waals surface area contributed by atoms with Gasteiger partial charge in [0, 0.05) is 21.5 Å². The molecule has 0 atom stereocenters. The van der Waals surface area contributed by atoms with Crippen LogP contribution in [0.1, 0.15) is 20.8 Å². The van der Waals surface area contributed by atoms with Crippen molar-refractivity contribution in [2.45, 2.75) is 31.5 Å². The first kappa shape index (κ1) is 19.2. The first-order valence-electron chi connectivity index (χ1n) is 8.62. The number of benzene rings is 1. The van der Waals surface area contributed by atoms with E-state index in [4.69, 9.17) is 11.6 Å². The quantitative estimate of drug-likeness (QED) is 0.475. The van der Waals surface area contributed by atoms with E-state index < -0.39 is 0 Å². The van der Waals surface area contributed by atoms with E-state index in [0.29, 0.717) is 10.2 Å². The zero-order valence-electron chi connectivity index (χ0n) is 15.6. The molecular weight excluding hydrogens is 414 g/mol. The molecule has 3 heterocycles. The fourth-order valence-corrected chi connectivity index (χ4v) is 4.59. The van der Waals surface area contributed by atoms with E-state index in [1.54, 1.807) is 17.7 Å². The van der Waals surface area contributed by atoms with E-state index in [1.807, 2.05) is 49.4 Å². The van der Waals surface area contributed by atoms with E-state index >= 15 is 0 Å². The Balaban J connectivity index is 1.69. The number of nitrogens with zero attached hydrogens (tertiary/aromatic N) is 4. The Morgan fingerprint density at radius 3 is 2.71 bits per heavy atom. The first-order valence-corrected chi connectivity index (χ1v) is 10.9. The van der Waals surface area contributed by atoms with Crippen molar-refractivity contribution in [1.82, 2.24) is 24.9 Å². The number of hydrogen-bond acceptors (Lipinski definition) is 6. The van der Waals surface area contributed by atoms with E-state index in [1.165, 1.54) is 11.8 Å². The number of carbonyl (C=O) groups is 1. The highest BCUT2D eigenvalue weighted by Gasteiger charge is 2.18. The van der Waals surface area contributed by atoms with Crippen molar-refractivity contribution in [2.24, 2.45) is 0 Å². The molecule has 0 fully saturated rings. The molecule has 144 valence electrons. The summed E-state index contributed by atoms with van der Waals surface area (Å²) < 4.78 is 1.84. The smallest absolute Gasteiger partial charge is 0.230 e. The molecule has 0 saturated carbocycles. The van der Waals surface area contributed by atoms with E-state index in [9.17, 15) is 4.79 Å². The van der Waals surface area contributed by atoms with Gasteiger partial charge < -0.3 is 5.32 Å². The predicted molar refractivity (Wildman–Crippen MR) is 115 cm³/mol. The molecule has 4 aromatic rings. The van der Waals surface area contributed by atoms with Crippen LogP contribution in [0.25, 0.3) is 27.0 Å². The maximum atomic E-state index is 12.1. The second-order valence-corrected chi connectivity index (χ2v) is 9.58. The zero-order chi connectivity index (χ0) is 19.9. The lowest BCUT2D eigenvalue weighted by atomic mass is 10.1. The van der Waals surface area contributed by atoms with Crippen molar-refractivity contribution in [3.05, 3.63) is 41.0 Å². The second-order valence-electron chi connectivity index (χ2n) is 7.34. The Morgan fingerprint density at radius 2 is 2.00 bits per heavy atom. The van der Waals surface area contributed by atoms with Gasteiger partial charge in [-0.3, -0.25) is 9.20 Å². The molecule has 6 nitrogen and oxygen atoms in total. The molecule has 0 saturated heterocycles. The minimum atomic E-state index is -0.261. The van der Waals surface area contributed by atoms with Crippen molar-refractivity contribution in [3.63, 3.8) is 0 Å². The minimum Gasteiger partial charge on any atom is -0.351 e. The van der Waals surface area contributed by atoms with E-state index in [0.717, 1.165) is 27.0 Å². The summed E-state index contributed by atoms with van der Waals surface area (Å²) in [5.41, 5.74) is 2.56. The number of nitrogens with one attached hydrogen (secondary N) is 1. The standard InChI is InChI=1S/C19H18ClN5OS2/c1-19(2,3)22-14(26)9-28-18-24-23-16-15-13(11-4-6-12(20)7-5-11)8-27-17(15)21-10-25(16)18/h4-8,10H,9H2,1-3H3,(H,22,26). The molecule has 1 N–H and O–H groups in total. The topological polar surface area (TPSA) is 72.2 Å². The van der Waals surface area contributed by atoms with Crippen LogP contribution in [0.15, 0.2) is 41.1 Å². The Morgan fingerprint density at radius 1 is 1.25 bits per heavy atom. The number of amides is 1. The van der Waals surface area contributed by atoms with Crippen molar-refractivity contribution in [2.75, 3.05) is 5.75 Å². The number of halogens is 1. The number of thiophene rings is 1. The van der Waals surface area contributed by atoms with Crippen LogP contribution < -0.4 is 5.32 Å². The third kappa shape index (κ3) is 3.85. The second kappa shape index (κ2) is 7.35. The van der Waals surface area contributed by atoms with Gasteiger partial charge in [0.25, 0.3) is 0 Å². The summed E-state index contributed by atoms with van der Waals surface area (Å²) in [4.78, 5) is 17.6. The predicted octanol–water partition coefficient (Wildman–Crippen LogP) is 4.67. The number of hydrogen-bond donors (Lipinski definition) is 1. The van der Waals surface area contributed by atoms with Crippen LogP contribution in [0.4, 0.5) is 0 Å². The Labute approximate surface area is 175 Å². The minimum absolute atomic E-state index is 0.0410. The summed E-state index contributed by atoms with van der Waals surface area (Å²) in [6, 6.07) is 7.70. The molecule has 1 amide bonds. The van der Waals surface area contributed by atoms with Gasteiger partial charge in [-0.1, -0.05) is 35.5 Å². The fraction of sp³-hybridized carbons (Fsp3) is 0.263. The molecule has 3 aromatic heterocycles. The number of rotatable bonds is 4. The molecule has 9 heteroatoms. The largest absolute Gasteiger partial charge is 0.351 e. The molecule has 0 aliphatic rings. The molecule has 1 aromatic carbocycles. The van der Waals surface area contributed by atoms with Gasteiger partial charge >= 0.3 is 0 Å². The summed E-state index contributed by atoms with van der Waals surface area (Å²) in [6.07, 6.45) is 1.71. The number of fused-ring (bicyclic) bond motifs is 3. The molecule has 0 radical (unpaired) electrons. The molecule has 0 aliphatic carbocycles. The van der Waals surface area contributed by atoms with Crippen LogP contribution in [-0.2, 0) is 4.79 Å². The van der Waals surface area contributed by atoms with Gasteiger partial charge in [0.1, 0.15) is 11.2 Å². The number of thioether (sulfide) groups is 1. The van der Waals surface area contributed by atoms with Gasteiger partial charge in [0.2, 0.25) is 5.91 Å². The zero-order valence-corrected chi connectivity index (χ0v) is 18.0. The van der Waals surface area contributed by atoms with Crippen LogP contribution in [-0.4, -0.2) is 36.8 Å². The molecule has 0 aliphatic heterocycles. The SMILES string of the molecule is CC(C)(C)NC(=O)CSc1nnc2c3c(-c4ccc(Cl)cc4)csc3ncn12. The highest BCUT2D eigenvalue weighted by Crippen LogP contribution is 2.36. The summed E-state index contributed by atoms with van der Waals surface area (Å²) in [6.45, 7) is 5.87. The van der Waals surface area contributed by atoms with Crippen LogP contribution in [0.3, 0.4) is 0 Å². The lowest BCUT2D eigenvalue weighted by Crippen LogP contribution is -2.41. The third-order valence-corrected chi connectivity index (χ3v) is 6.03.